The molecule has 0 saturated heterocycles. The Morgan fingerprint density at radius 2 is 2.00 bits per heavy atom. The first-order valence-corrected chi connectivity index (χ1v) is 5.61. The maximum atomic E-state index is 9.12. The third kappa shape index (κ3) is 2.13. The van der Waals surface area contributed by atoms with Crippen LogP contribution in [0.4, 0.5) is 11.6 Å². The lowest BCUT2D eigenvalue weighted by Gasteiger charge is -2.07. The molecule has 2 N–H and O–H groups in total. The van der Waals surface area contributed by atoms with E-state index in [-0.39, 0.29) is 0 Å². The number of hydrogen-bond donors (Lipinski definition) is 1. The van der Waals surface area contributed by atoms with Crippen molar-refractivity contribution in [2.45, 2.75) is 6.54 Å². The molecule has 2 rings (SSSR count). The fourth-order valence-corrected chi connectivity index (χ4v) is 1.76. The van der Waals surface area contributed by atoms with Crippen molar-refractivity contribution in [3.05, 3.63) is 41.5 Å². The topological polar surface area (TPSA) is 70.9 Å². The highest BCUT2D eigenvalue weighted by Crippen LogP contribution is 2.23. The number of nitrogens with two attached hydrogens (primary N) is 1. The van der Waals surface area contributed by atoms with E-state index in [0.29, 0.717) is 23.7 Å². The third-order valence-electron chi connectivity index (χ3n) is 2.68. The van der Waals surface area contributed by atoms with Crippen LogP contribution in [0.2, 0.25) is 0 Å². The molecule has 1 aromatic carbocycles. The minimum atomic E-state index is 0.407. The molecule has 92 valence electrons. The van der Waals surface area contributed by atoms with Gasteiger partial charge in [0.1, 0.15) is 17.5 Å². The lowest BCUT2D eigenvalue weighted by Crippen LogP contribution is -2.11. The number of nitriles is 1. The van der Waals surface area contributed by atoms with Crippen molar-refractivity contribution in [2.24, 2.45) is 0 Å². The normalized spacial score (nSPS) is 10.1. The molecule has 0 radical (unpaired) electrons. The molecule has 5 heteroatoms. The first kappa shape index (κ1) is 12.0. The molecule has 1 aromatic heterocycles. The summed E-state index contributed by atoms with van der Waals surface area (Å²) in [6.07, 6.45) is 0. The zero-order valence-corrected chi connectivity index (χ0v) is 10.5. The van der Waals surface area contributed by atoms with E-state index in [1.165, 1.54) is 0 Å². The summed E-state index contributed by atoms with van der Waals surface area (Å²) in [6.45, 7) is 0.565. The maximum absolute atomic E-state index is 9.12. The van der Waals surface area contributed by atoms with Gasteiger partial charge in [0.25, 0.3) is 0 Å². The van der Waals surface area contributed by atoms with E-state index >= 15 is 0 Å². The van der Waals surface area contributed by atoms with Crippen LogP contribution in [0.3, 0.4) is 0 Å². The predicted octanol–water partition coefficient (Wildman–Crippen LogP) is 1.45. The Balaban J connectivity index is 2.38. The Morgan fingerprint density at radius 1 is 1.33 bits per heavy atom. The van der Waals surface area contributed by atoms with Gasteiger partial charge >= 0.3 is 0 Å². The number of anilines is 2. The highest BCUT2D eigenvalue weighted by molar-refractivity contribution is 5.64. The standard InChI is InChI=1S/C13H15N5/c1-17(2)13-11(8-14)12(15)18(16-13)9-10-6-4-3-5-7-10/h3-7H,9,15H2,1-2H3. The molecule has 18 heavy (non-hydrogen) atoms. The van der Waals surface area contributed by atoms with E-state index in [0.717, 1.165) is 5.56 Å². The van der Waals surface area contributed by atoms with Crippen LogP contribution >= 0.6 is 0 Å². The van der Waals surface area contributed by atoms with E-state index in [1.807, 2.05) is 44.4 Å². The average molecular weight is 241 g/mol. The molecule has 1 heterocycles. The first-order chi connectivity index (χ1) is 8.63. The summed E-state index contributed by atoms with van der Waals surface area (Å²) in [4.78, 5) is 1.79. The molecule has 0 aliphatic carbocycles. The Hall–Kier alpha value is -2.48. The number of nitrogen functional groups attached to an aromatic ring is 1. The van der Waals surface area contributed by atoms with Crippen LogP contribution in [-0.4, -0.2) is 23.9 Å². The molecule has 0 unspecified atom stereocenters. The Bertz CT molecular complexity index is 577. The lowest BCUT2D eigenvalue weighted by atomic mass is 10.2. The largest absolute Gasteiger partial charge is 0.383 e. The second-order valence-corrected chi connectivity index (χ2v) is 4.23. The molecule has 0 saturated carbocycles. The van der Waals surface area contributed by atoms with Crippen molar-refractivity contribution < 1.29 is 0 Å². The van der Waals surface area contributed by atoms with Crippen molar-refractivity contribution in [3.63, 3.8) is 0 Å². The zero-order valence-electron chi connectivity index (χ0n) is 10.5. The smallest absolute Gasteiger partial charge is 0.170 e. The molecule has 0 aliphatic rings. The zero-order chi connectivity index (χ0) is 13.1. The highest BCUT2D eigenvalue weighted by Gasteiger charge is 2.16. The summed E-state index contributed by atoms with van der Waals surface area (Å²) in [7, 11) is 3.69. The van der Waals surface area contributed by atoms with Crippen LogP contribution in [0.5, 0.6) is 0 Å². The number of nitrogens with zero attached hydrogens (tertiary/aromatic N) is 4. The van der Waals surface area contributed by atoms with Crippen LogP contribution < -0.4 is 10.6 Å². The summed E-state index contributed by atoms with van der Waals surface area (Å²) in [5.41, 5.74) is 7.48. The molecule has 0 amide bonds. The van der Waals surface area contributed by atoms with Crippen molar-refractivity contribution in [3.8, 4) is 6.07 Å². The number of rotatable bonds is 3. The highest BCUT2D eigenvalue weighted by atomic mass is 15.4. The van der Waals surface area contributed by atoms with Crippen molar-refractivity contribution in [1.82, 2.24) is 9.78 Å². The molecule has 5 nitrogen and oxygen atoms in total. The van der Waals surface area contributed by atoms with Crippen LogP contribution in [0.25, 0.3) is 0 Å². The van der Waals surface area contributed by atoms with Gasteiger partial charge in [0.2, 0.25) is 0 Å². The van der Waals surface area contributed by atoms with Crippen LogP contribution in [0, 0.1) is 11.3 Å². The van der Waals surface area contributed by atoms with Gasteiger partial charge in [0.05, 0.1) is 6.54 Å². The Labute approximate surface area is 106 Å². The van der Waals surface area contributed by atoms with Gasteiger partial charge in [0.15, 0.2) is 5.82 Å². The molecule has 0 fully saturated rings. The van der Waals surface area contributed by atoms with Gasteiger partial charge in [0, 0.05) is 14.1 Å². The predicted molar refractivity (Wildman–Crippen MR) is 71.2 cm³/mol. The Morgan fingerprint density at radius 3 is 2.50 bits per heavy atom. The molecule has 0 spiro atoms. The van der Waals surface area contributed by atoms with E-state index in [2.05, 4.69) is 11.2 Å². The fourth-order valence-electron chi connectivity index (χ4n) is 1.76. The minimum Gasteiger partial charge on any atom is -0.383 e. The second kappa shape index (κ2) is 4.80. The molecule has 0 bridgehead atoms. The van der Waals surface area contributed by atoms with Crippen LogP contribution in [0.15, 0.2) is 30.3 Å². The summed E-state index contributed by atoms with van der Waals surface area (Å²) in [6, 6.07) is 12.0. The monoisotopic (exact) mass is 241 g/mol. The average Bonchev–Trinajstić information content (AvgIpc) is 2.68. The van der Waals surface area contributed by atoms with Crippen molar-refractivity contribution in [1.29, 1.82) is 5.26 Å². The van der Waals surface area contributed by atoms with E-state index in [4.69, 9.17) is 11.0 Å². The summed E-state index contributed by atoms with van der Waals surface area (Å²) in [5.74, 6) is 1.01. The molecular weight excluding hydrogens is 226 g/mol. The molecule has 0 atom stereocenters. The number of hydrogen-bond acceptors (Lipinski definition) is 4. The molecule has 2 aromatic rings. The van der Waals surface area contributed by atoms with Gasteiger partial charge in [-0.1, -0.05) is 30.3 Å². The number of aromatic nitrogens is 2. The summed E-state index contributed by atoms with van der Waals surface area (Å²) < 4.78 is 1.66. The van der Waals surface area contributed by atoms with Gasteiger partial charge in [-0.15, -0.1) is 0 Å². The van der Waals surface area contributed by atoms with Gasteiger partial charge in [-0.05, 0) is 5.56 Å². The summed E-state index contributed by atoms with van der Waals surface area (Å²) in [5, 5.41) is 13.5. The van der Waals surface area contributed by atoms with Gasteiger partial charge in [-0.2, -0.15) is 10.4 Å². The number of benzene rings is 1. The van der Waals surface area contributed by atoms with Crippen LogP contribution in [-0.2, 0) is 6.54 Å². The quantitative estimate of drug-likeness (QED) is 0.883. The van der Waals surface area contributed by atoms with E-state index < -0.39 is 0 Å². The van der Waals surface area contributed by atoms with Crippen molar-refractivity contribution >= 4 is 11.6 Å². The van der Waals surface area contributed by atoms with Gasteiger partial charge < -0.3 is 10.6 Å². The molecule has 0 aliphatic heterocycles. The van der Waals surface area contributed by atoms with Crippen molar-refractivity contribution in [2.75, 3.05) is 24.7 Å². The molecular formula is C13H15N5. The third-order valence-corrected chi connectivity index (χ3v) is 2.68. The SMILES string of the molecule is CN(C)c1nn(Cc2ccccc2)c(N)c1C#N. The Kier molecular flexibility index (Phi) is 3.20. The first-order valence-electron chi connectivity index (χ1n) is 5.61. The maximum Gasteiger partial charge on any atom is 0.170 e. The van der Waals surface area contributed by atoms with E-state index in [9.17, 15) is 0 Å². The van der Waals surface area contributed by atoms with Gasteiger partial charge in [-0.25, -0.2) is 4.68 Å². The summed E-state index contributed by atoms with van der Waals surface area (Å²) >= 11 is 0. The lowest BCUT2D eigenvalue weighted by molar-refractivity contribution is 0.694. The second-order valence-electron chi connectivity index (χ2n) is 4.23. The van der Waals surface area contributed by atoms with E-state index in [1.54, 1.807) is 9.58 Å². The van der Waals surface area contributed by atoms with Gasteiger partial charge in [-0.3, -0.25) is 0 Å². The van der Waals surface area contributed by atoms with Crippen LogP contribution in [0.1, 0.15) is 11.1 Å². The fraction of sp³-hybridized carbons (Fsp3) is 0.231. The minimum absolute atomic E-state index is 0.407.